The minimum absolute atomic E-state index is 0.112. The zero-order valence-corrected chi connectivity index (χ0v) is 11.9. The maximum atomic E-state index is 12.3. The van der Waals surface area contributed by atoms with Crippen LogP contribution in [0.5, 0.6) is 0 Å². The van der Waals surface area contributed by atoms with Crippen LogP contribution >= 0.6 is 0 Å². The molecule has 1 atom stereocenters. The number of aryl methyl sites for hydroxylation is 3. The maximum Gasteiger partial charge on any atom is 0.305 e. The Morgan fingerprint density at radius 2 is 1.74 bits per heavy atom. The van der Waals surface area contributed by atoms with E-state index in [1.807, 2.05) is 32.9 Å². The number of Topliss-reactive ketones (excluding diaryl/α,β-unsaturated/α-hetero) is 1. The van der Waals surface area contributed by atoms with Gasteiger partial charge in [-0.15, -0.1) is 0 Å². The van der Waals surface area contributed by atoms with Gasteiger partial charge in [-0.3, -0.25) is 9.59 Å². The van der Waals surface area contributed by atoms with Crippen molar-refractivity contribution in [2.24, 2.45) is 5.73 Å². The molecular formula is C15H21NO3. The van der Waals surface area contributed by atoms with Crippen LogP contribution < -0.4 is 5.73 Å². The highest BCUT2D eigenvalue weighted by Crippen LogP contribution is 2.19. The second-order valence-corrected chi connectivity index (χ2v) is 4.86. The van der Waals surface area contributed by atoms with E-state index in [1.54, 1.807) is 0 Å². The van der Waals surface area contributed by atoms with Crippen LogP contribution in [0.4, 0.5) is 0 Å². The van der Waals surface area contributed by atoms with Gasteiger partial charge in [0.2, 0.25) is 0 Å². The second-order valence-electron chi connectivity index (χ2n) is 4.86. The van der Waals surface area contributed by atoms with Crippen LogP contribution in [-0.2, 0) is 9.53 Å². The van der Waals surface area contributed by atoms with E-state index in [1.165, 1.54) is 7.11 Å². The molecule has 0 bridgehead atoms. The van der Waals surface area contributed by atoms with Crippen molar-refractivity contribution < 1.29 is 14.3 Å². The van der Waals surface area contributed by atoms with E-state index in [2.05, 4.69) is 4.74 Å². The zero-order chi connectivity index (χ0) is 14.6. The first-order valence-electron chi connectivity index (χ1n) is 6.31. The van der Waals surface area contributed by atoms with E-state index in [-0.39, 0.29) is 18.2 Å². The molecule has 1 aromatic rings. The van der Waals surface area contributed by atoms with Crippen molar-refractivity contribution in [3.63, 3.8) is 0 Å². The molecular weight excluding hydrogens is 242 g/mol. The minimum atomic E-state index is -0.667. The summed E-state index contributed by atoms with van der Waals surface area (Å²) < 4.78 is 4.54. The van der Waals surface area contributed by atoms with Crippen LogP contribution in [-0.4, -0.2) is 24.9 Å². The fourth-order valence-electron chi connectivity index (χ4n) is 2.26. The van der Waals surface area contributed by atoms with Crippen molar-refractivity contribution >= 4 is 11.8 Å². The predicted octanol–water partition coefficient (Wildman–Crippen LogP) is 2.08. The van der Waals surface area contributed by atoms with Crippen molar-refractivity contribution in [2.75, 3.05) is 7.11 Å². The molecule has 0 spiro atoms. The number of esters is 1. The third-order valence-electron chi connectivity index (χ3n) is 3.15. The maximum absolute atomic E-state index is 12.3. The smallest absolute Gasteiger partial charge is 0.305 e. The molecule has 0 aliphatic rings. The van der Waals surface area contributed by atoms with Gasteiger partial charge in [0, 0.05) is 12.0 Å². The lowest BCUT2D eigenvalue weighted by atomic mass is 9.92. The third kappa shape index (κ3) is 3.89. The molecule has 1 unspecified atom stereocenters. The van der Waals surface area contributed by atoms with Gasteiger partial charge in [0.25, 0.3) is 0 Å². The molecule has 0 heterocycles. The number of carbonyl (C=O) groups is 2. The number of ether oxygens (including phenoxy) is 1. The fraction of sp³-hybridized carbons (Fsp3) is 0.467. The van der Waals surface area contributed by atoms with Crippen LogP contribution in [0.2, 0.25) is 0 Å². The van der Waals surface area contributed by atoms with E-state index < -0.39 is 6.04 Å². The number of methoxy groups -OCH3 is 1. The molecule has 2 N–H and O–H groups in total. The monoisotopic (exact) mass is 263 g/mol. The number of nitrogens with two attached hydrogens (primary N) is 1. The molecule has 0 aliphatic heterocycles. The summed E-state index contributed by atoms with van der Waals surface area (Å²) in [6.45, 7) is 5.80. The standard InChI is InChI=1S/C15H21NO3/c1-9-7-10(2)14(11(3)8-9)15(18)12(16)5-6-13(17)19-4/h7-8,12H,5-6,16H2,1-4H3. The van der Waals surface area contributed by atoms with Crippen molar-refractivity contribution in [1.82, 2.24) is 0 Å². The molecule has 1 aromatic carbocycles. The molecule has 0 aliphatic carbocycles. The Labute approximate surface area is 113 Å². The average Bonchev–Trinajstić information content (AvgIpc) is 2.33. The van der Waals surface area contributed by atoms with Gasteiger partial charge in [-0.25, -0.2) is 0 Å². The molecule has 1 rings (SSSR count). The molecule has 19 heavy (non-hydrogen) atoms. The highest BCUT2D eigenvalue weighted by molar-refractivity contribution is 6.02. The highest BCUT2D eigenvalue weighted by atomic mass is 16.5. The van der Waals surface area contributed by atoms with Crippen LogP contribution in [0.25, 0.3) is 0 Å². The fourth-order valence-corrected chi connectivity index (χ4v) is 2.26. The number of carbonyl (C=O) groups excluding carboxylic acids is 2. The van der Waals surface area contributed by atoms with Crippen LogP contribution in [0.15, 0.2) is 12.1 Å². The number of benzene rings is 1. The van der Waals surface area contributed by atoms with E-state index in [4.69, 9.17) is 5.73 Å². The molecule has 0 aromatic heterocycles. The van der Waals surface area contributed by atoms with E-state index in [9.17, 15) is 9.59 Å². The van der Waals surface area contributed by atoms with Gasteiger partial charge in [0.15, 0.2) is 5.78 Å². The lowest BCUT2D eigenvalue weighted by Crippen LogP contribution is -2.32. The van der Waals surface area contributed by atoms with Crippen molar-refractivity contribution in [1.29, 1.82) is 0 Å². The number of rotatable bonds is 5. The summed E-state index contributed by atoms with van der Waals surface area (Å²) in [6, 6.07) is 3.26. The lowest BCUT2D eigenvalue weighted by Gasteiger charge is -2.15. The first-order chi connectivity index (χ1) is 8.86. The zero-order valence-electron chi connectivity index (χ0n) is 11.9. The van der Waals surface area contributed by atoms with E-state index in [0.717, 1.165) is 16.7 Å². The van der Waals surface area contributed by atoms with Gasteiger partial charge >= 0.3 is 5.97 Å². The second kappa shape index (κ2) is 6.48. The first kappa shape index (κ1) is 15.4. The summed E-state index contributed by atoms with van der Waals surface area (Å²) >= 11 is 0. The Hall–Kier alpha value is -1.68. The molecule has 0 amide bonds. The topological polar surface area (TPSA) is 69.4 Å². The molecule has 4 nitrogen and oxygen atoms in total. The lowest BCUT2D eigenvalue weighted by molar-refractivity contribution is -0.140. The molecule has 0 radical (unpaired) electrons. The highest BCUT2D eigenvalue weighted by Gasteiger charge is 2.20. The Morgan fingerprint density at radius 3 is 2.21 bits per heavy atom. The van der Waals surface area contributed by atoms with Gasteiger partial charge in [-0.2, -0.15) is 0 Å². The van der Waals surface area contributed by atoms with E-state index >= 15 is 0 Å². The van der Waals surface area contributed by atoms with E-state index in [0.29, 0.717) is 12.0 Å². The SMILES string of the molecule is COC(=O)CCC(N)C(=O)c1c(C)cc(C)cc1C. The minimum Gasteiger partial charge on any atom is -0.469 e. The third-order valence-corrected chi connectivity index (χ3v) is 3.15. The average molecular weight is 263 g/mol. The molecule has 4 heteroatoms. The Kier molecular flexibility index (Phi) is 5.24. The summed E-state index contributed by atoms with van der Waals surface area (Å²) in [5, 5.41) is 0. The van der Waals surface area contributed by atoms with Crippen molar-refractivity contribution in [2.45, 2.75) is 39.7 Å². The van der Waals surface area contributed by atoms with Gasteiger partial charge in [0.05, 0.1) is 13.2 Å². The largest absolute Gasteiger partial charge is 0.469 e. The Balaban J connectivity index is 2.86. The Morgan fingerprint density at radius 1 is 1.21 bits per heavy atom. The van der Waals surface area contributed by atoms with Gasteiger partial charge < -0.3 is 10.5 Å². The van der Waals surface area contributed by atoms with Crippen LogP contribution in [0.3, 0.4) is 0 Å². The predicted molar refractivity (Wildman–Crippen MR) is 74.2 cm³/mol. The summed E-state index contributed by atoms with van der Waals surface area (Å²) in [7, 11) is 1.32. The van der Waals surface area contributed by atoms with Crippen molar-refractivity contribution in [3.8, 4) is 0 Å². The summed E-state index contributed by atoms with van der Waals surface area (Å²) in [5.41, 5.74) is 9.51. The summed E-state index contributed by atoms with van der Waals surface area (Å²) in [6.07, 6.45) is 0.464. The number of hydrogen-bond donors (Lipinski definition) is 1. The number of hydrogen-bond acceptors (Lipinski definition) is 4. The van der Waals surface area contributed by atoms with Gasteiger partial charge in [-0.05, 0) is 38.3 Å². The van der Waals surface area contributed by atoms with Crippen LogP contribution in [0, 0.1) is 20.8 Å². The molecule has 0 saturated heterocycles. The Bertz CT molecular complexity index is 471. The van der Waals surface area contributed by atoms with Crippen LogP contribution in [0.1, 0.15) is 39.9 Å². The summed E-state index contributed by atoms with van der Waals surface area (Å²) in [4.78, 5) is 23.4. The quantitative estimate of drug-likeness (QED) is 0.652. The van der Waals surface area contributed by atoms with Gasteiger partial charge in [0.1, 0.15) is 0 Å². The summed E-state index contributed by atoms with van der Waals surface area (Å²) in [5.74, 6) is -0.459. The molecule has 0 saturated carbocycles. The normalized spacial score (nSPS) is 12.1. The number of ketones is 1. The van der Waals surface area contributed by atoms with Crippen molar-refractivity contribution in [3.05, 3.63) is 34.4 Å². The molecule has 104 valence electrons. The molecule has 0 fully saturated rings. The first-order valence-corrected chi connectivity index (χ1v) is 6.31. The van der Waals surface area contributed by atoms with Gasteiger partial charge in [-0.1, -0.05) is 17.7 Å².